The molecule has 0 aromatic heterocycles. The largest absolute Gasteiger partial charge is 0.322 e. The van der Waals surface area contributed by atoms with Crippen molar-refractivity contribution in [3.05, 3.63) is 63.7 Å². The number of benzene rings is 2. The van der Waals surface area contributed by atoms with E-state index in [0.717, 1.165) is 19.3 Å². The fourth-order valence-corrected chi connectivity index (χ4v) is 4.75. The summed E-state index contributed by atoms with van der Waals surface area (Å²) in [6.45, 7) is 2.56. The van der Waals surface area contributed by atoms with Crippen molar-refractivity contribution < 1.29 is 18.1 Å². The molecule has 148 valence electrons. The summed E-state index contributed by atoms with van der Waals surface area (Å²) in [6, 6.07) is 10.2. The van der Waals surface area contributed by atoms with Crippen molar-refractivity contribution in [2.45, 2.75) is 31.1 Å². The van der Waals surface area contributed by atoms with Crippen LogP contribution in [-0.2, 0) is 10.0 Å². The highest BCUT2D eigenvalue weighted by Crippen LogP contribution is 2.24. The number of anilines is 1. The number of carbonyl (C=O) groups is 1. The van der Waals surface area contributed by atoms with Gasteiger partial charge >= 0.3 is 0 Å². The number of nitro groups is 1. The SMILES string of the molecule is Cc1c(C(=O)Nc2ccc(S(=O)(=O)N3CCCCC3)cc2)cccc1[N+](=O)[O-]. The zero-order valence-electron chi connectivity index (χ0n) is 15.4. The average Bonchev–Trinajstić information content (AvgIpc) is 2.69. The predicted molar refractivity (Wildman–Crippen MR) is 105 cm³/mol. The third-order valence-electron chi connectivity index (χ3n) is 4.81. The number of sulfonamides is 1. The van der Waals surface area contributed by atoms with Crippen LogP contribution in [0, 0.1) is 17.0 Å². The molecule has 0 atom stereocenters. The van der Waals surface area contributed by atoms with E-state index >= 15 is 0 Å². The Hall–Kier alpha value is -2.78. The molecule has 1 aliphatic heterocycles. The highest BCUT2D eigenvalue weighted by atomic mass is 32.2. The molecule has 1 fully saturated rings. The maximum atomic E-state index is 12.7. The first-order valence-electron chi connectivity index (χ1n) is 8.96. The van der Waals surface area contributed by atoms with E-state index in [1.807, 2.05) is 0 Å². The Morgan fingerprint density at radius 1 is 1.07 bits per heavy atom. The number of nitrogens with zero attached hydrogens (tertiary/aromatic N) is 2. The molecule has 1 heterocycles. The van der Waals surface area contributed by atoms with Gasteiger partial charge in [0.1, 0.15) is 0 Å². The molecule has 9 heteroatoms. The number of carbonyl (C=O) groups excluding carboxylic acids is 1. The summed E-state index contributed by atoms with van der Waals surface area (Å²) in [4.78, 5) is 23.2. The minimum absolute atomic E-state index is 0.129. The van der Waals surface area contributed by atoms with Crippen LogP contribution in [0.15, 0.2) is 47.4 Å². The molecule has 0 spiro atoms. The van der Waals surface area contributed by atoms with Gasteiger partial charge in [-0.15, -0.1) is 0 Å². The summed E-state index contributed by atoms with van der Waals surface area (Å²) in [5.74, 6) is -0.493. The molecule has 0 unspecified atom stereocenters. The normalized spacial score (nSPS) is 15.2. The number of amides is 1. The summed E-state index contributed by atoms with van der Waals surface area (Å²) >= 11 is 0. The summed E-state index contributed by atoms with van der Waals surface area (Å²) in [6.07, 6.45) is 2.75. The number of hydrogen-bond donors (Lipinski definition) is 1. The van der Waals surface area contributed by atoms with Crippen molar-refractivity contribution in [1.29, 1.82) is 0 Å². The number of piperidine rings is 1. The van der Waals surface area contributed by atoms with E-state index in [2.05, 4.69) is 5.32 Å². The second-order valence-corrected chi connectivity index (χ2v) is 8.59. The van der Waals surface area contributed by atoms with E-state index in [0.29, 0.717) is 18.8 Å². The Balaban J connectivity index is 1.77. The zero-order valence-corrected chi connectivity index (χ0v) is 16.2. The van der Waals surface area contributed by atoms with Crippen LogP contribution in [0.25, 0.3) is 0 Å². The molecule has 1 aliphatic rings. The zero-order chi connectivity index (χ0) is 20.3. The number of nitrogens with one attached hydrogen (secondary N) is 1. The molecule has 1 N–H and O–H groups in total. The monoisotopic (exact) mass is 403 g/mol. The van der Waals surface area contributed by atoms with E-state index in [1.54, 1.807) is 0 Å². The molecular weight excluding hydrogens is 382 g/mol. The minimum Gasteiger partial charge on any atom is -0.322 e. The molecule has 1 amide bonds. The molecule has 1 saturated heterocycles. The topological polar surface area (TPSA) is 110 Å². The van der Waals surface area contributed by atoms with Crippen LogP contribution >= 0.6 is 0 Å². The smallest absolute Gasteiger partial charge is 0.273 e. The van der Waals surface area contributed by atoms with Gasteiger partial charge in [-0.2, -0.15) is 4.31 Å². The quantitative estimate of drug-likeness (QED) is 0.608. The fraction of sp³-hybridized carbons (Fsp3) is 0.316. The van der Waals surface area contributed by atoms with E-state index in [4.69, 9.17) is 0 Å². The van der Waals surface area contributed by atoms with Gasteiger partial charge in [0.25, 0.3) is 11.6 Å². The van der Waals surface area contributed by atoms with E-state index in [-0.39, 0.29) is 21.7 Å². The van der Waals surface area contributed by atoms with Crippen LogP contribution in [0.1, 0.15) is 35.2 Å². The van der Waals surface area contributed by atoms with Gasteiger partial charge in [0, 0.05) is 36.0 Å². The van der Waals surface area contributed by atoms with Gasteiger partial charge < -0.3 is 5.32 Å². The van der Waals surface area contributed by atoms with Crippen LogP contribution < -0.4 is 5.32 Å². The number of nitro benzene ring substituents is 1. The second kappa shape index (κ2) is 8.07. The molecule has 0 radical (unpaired) electrons. The van der Waals surface area contributed by atoms with Gasteiger partial charge in [-0.1, -0.05) is 12.5 Å². The Morgan fingerprint density at radius 3 is 2.32 bits per heavy atom. The first-order chi connectivity index (χ1) is 13.3. The van der Waals surface area contributed by atoms with Gasteiger partial charge in [0.2, 0.25) is 10.0 Å². The molecule has 3 rings (SSSR count). The lowest BCUT2D eigenvalue weighted by molar-refractivity contribution is -0.385. The predicted octanol–water partition coefficient (Wildman–Crippen LogP) is 3.33. The lowest BCUT2D eigenvalue weighted by atomic mass is 10.1. The van der Waals surface area contributed by atoms with Gasteiger partial charge in [0.15, 0.2) is 0 Å². The van der Waals surface area contributed by atoms with Crippen molar-refractivity contribution >= 4 is 27.3 Å². The highest BCUT2D eigenvalue weighted by Gasteiger charge is 2.26. The van der Waals surface area contributed by atoms with Crippen LogP contribution in [0.4, 0.5) is 11.4 Å². The molecule has 2 aromatic rings. The van der Waals surface area contributed by atoms with Crippen molar-refractivity contribution in [1.82, 2.24) is 4.31 Å². The summed E-state index contributed by atoms with van der Waals surface area (Å²) in [7, 11) is -3.54. The van der Waals surface area contributed by atoms with Gasteiger partial charge in [0.05, 0.1) is 9.82 Å². The molecule has 28 heavy (non-hydrogen) atoms. The van der Waals surface area contributed by atoms with Crippen molar-refractivity contribution in [2.24, 2.45) is 0 Å². The third kappa shape index (κ3) is 4.05. The third-order valence-corrected chi connectivity index (χ3v) is 6.72. The Bertz CT molecular complexity index is 997. The van der Waals surface area contributed by atoms with Crippen LogP contribution in [-0.4, -0.2) is 36.6 Å². The van der Waals surface area contributed by atoms with Gasteiger partial charge in [-0.05, 0) is 50.1 Å². The Kier molecular flexibility index (Phi) is 5.76. The molecule has 0 aliphatic carbocycles. The first-order valence-corrected chi connectivity index (χ1v) is 10.4. The lowest BCUT2D eigenvalue weighted by Gasteiger charge is -2.25. The van der Waals surface area contributed by atoms with Crippen molar-refractivity contribution in [2.75, 3.05) is 18.4 Å². The standard InChI is InChI=1S/C19H21N3O5S/c1-14-17(6-5-7-18(14)22(24)25)19(23)20-15-8-10-16(11-9-15)28(26,27)21-12-3-2-4-13-21/h5-11H,2-4,12-13H2,1H3,(H,20,23). The molecule has 0 bridgehead atoms. The van der Waals surface area contributed by atoms with Crippen LogP contribution in [0.2, 0.25) is 0 Å². The fourth-order valence-electron chi connectivity index (χ4n) is 3.23. The molecule has 0 saturated carbocycles. The molecule has 8 nitrogen and oxygen atoms in total. The number of rotatable bonds is 5. The van der Waals surface area contributed by atoms with Crippen molar-refractivity contribution in [3.63, 3.8) is 0 Å². The summed E-state index contributed by atoms with van der Waals surface area (Å²) < 4.78 is 26.8. The van der Waals surface area contributed by atoms with Crippen molar-refractivity contribution in [3.8, 4) is 0 Å². The average molecular weight is 403 g/mol. The van der Waals surface area contributed by atoms with Gasteiger partial charge in [-0.3, -0.25) is 14.9 Å². The summed E-state index contributed by atoms with van der Waals surface area (Å²) in [5.41, 5.74) is 0.748. The van der Waals surface area contributed by atoms with Crippen LogP contribution in [0.3, 0.4) is 0 Å². The Labute approximate surface area is 163 Å². The van der Waals surface area contributed by atoms with Crippen LogP contribution in [0.5, 0.6) is 0 Å². The number of hydrogen-bond acceptors (Lipinski definition) is 5. The minimum atomic E-state index is -3.54. The van der Waals surface area contributed by atoms with E-state index < -0.39 is 20.9 Å². The maximum Gasteiger partial charge on any atom is 0.273 e. The van der Waals surface area contributed by atoms with Gasteiger partial charge in [-0.25, -0.2) is 8.42 Å². The highest BCUT2D eigenvalue weighted by molar-refractivity contribution is 7.89. The summed E-state index contributed by atoms with van der Waals surface area (Å²) in [5, 5.41) is 13.7. The van der Waals surface area contributed by atoms with E-state index in [9.17, 15) is 23.3 Å². The first kappa shape index (κ1) is 20.0. The molecular formula is C19H21N3O5S. The maximum absolute atomic E-state index is 12.7. The lowest BCUT2D eigenvalue weighted by Crippen LogP contribution is -2.35. The Morgan fingerprint density at radius 2 is 1.71 bits per heavy atom. The second-order valence-electron chi connectivity index (χ2n) is 6.65. The van der Waals surface area contributed by atoms with E-state index in [1.165, 1.54) is 53.7 Å². The molecule has 2 aromatic carbocycles.